The predicted octanol–water partition coefficient (Wildman–Crippen LogP) is 0.282. The van der Waals surface area contributed by atoms with Crippen LogP contribution in [0, 0.1) is 11.8 Å². The summed E-state index contributed by atoms with van der Waals surface area (Å²) in [7, 11) is 0. The summed E-state index contributed by atoms with van der Waals surface area (Å²) in [5.74, 6) is -2.55. The molecule has 0 aromatic carbocycles. The van der Waals surface area contributed by atoms with Crippen LogP contribution in [0.25, 0.3) is 0 Å². The fraction of sp³-hybridized carbons (Fsp3) is 0.684. The maximum Gasteiger partial charge on any atom is 0.328 e. The van der Waals surface area contributed by atoms with Gasteiger partial charge in [0.15, 0.2) is 0 Å². The lowest BCUT2D eigenvalue weighted by atomic mass is 9.96. The topological polar surface area (TPSA) is 165 Å². The van der Waals surface area contributed by atoms with Crippen molar-refractivity contribution >= 4 is 23.7 Å². The third-order valence-electron chi connectivity index (χ3n) is 4.36. The second-order valence-corrected chi connectivity index (χ2v) is 7.43. The number of aliphatic carboxylic acids is 1. The van der Waals surface area contributed by atoms with Gasteiger partial charge in [-0.15, -0.1) is 0 Å². The lowest BCUT2D eigenvalue weighted by Crippen LogP contribution is -2.55. The molecule has 0 aliphatic rings. The summed E-state index contributed by atoms with van der Waals surface area (Å²) < 4.78 is 0. The van der Waals surface area contributed by atoms with Crippen molar-refractivity contribution in [1.82, 2.24) is 10.6 Å². The zero-order chi connectivity index (χ0) is 21.9. The van der Waals surface area contributed by atoms with Crippen molar-refractivity contribution in [3.05, 3.63) is 12.2 Å². The molecule has 0 heterocycles. The summed E-state index contributed by atoms with van der Waals surface area (Å²) in [5.41, 5.74) is 10.8. The van der Waals surface area contributed by atoms with Gasteiger partial charge < -0.3 is 27.2 Å². The summed E-state index contributed by atoms with van der Waals surface area (Å²) >= 11 is 0. The third-order valence-corrected chi connectivity index (χ3v) is 4.36. The largest absolute Gasteiger partial charge is 0.478 e. The molecule has 0 spiro atoms. The zero-order valence-electron chi connectivity index (χ0n) is 17.1. The second kappa shape index (κ2) is 12.9. The van der Waals surface area contributed by atoms with E-state index in [1.54, 1.807) is 0 Å². The number of nitrogens with one attached hydrogen (secondary N) is 2. The van der Waals surface area contributed by atoms with E-state index < -0.39 is 41.8 Å². The molecule has 0 saturated carbocycles. The van der Waals surface area contributed by atoms with Crippen molar-refractivity contribution in [2.24, 2.45) is 23.3 Å². The van der Waals surface area contributed by atoms with Crippen LogP contribution in [-0.4, -0.2) is 46.9 Å². The molecule has 7 N–H and O–H groups in total. The van der Waals surface area contributed by atoms with Crippen LogP contribution in [-0.2, 0) is 19.2 Å². The number of carboxylic acid groups (broad SMARTS) is 1. The lowest BCUT2D eigenvalue weighted by Gasteiger charge is -2.27. The fourth-order valence-corrected chi connectivity index (χ4v) is 2.56. The van der Waals surface area contributed by atoms with Gasteiger partial charge in [-0.2, -0.15) is 0 Å². The van der Waals surface area contributed by atoms with Crippen molar-refractivity contribution in [3.8, 4) is 0 Å². The Morgan fingerprint density at radius 2 is 1.68 bits per heavy atom. The number of carbonyl (C=O) groups is 4. The van der Waals surface area contributed by atoms with Gasteiger partial charge in [0.25, 0.3) is 0 Å². The van der Waals surface area contributed by atoms with Crippen LogP contribution in [0.3, 0.4) is 0 Å². The molecule has 0 fully saturated rings. The van der Waals surface area contributed by atoms with Gasteiger partial charge in [0, 0.05) is 18.5 Å². The number of rotatable bonds is 13. The van der Waals surface area contributed by atoms with E-state index in [4.69, 9.17) is 16.6 Å². The van der Waals surface area contributed by atoms with E-state index in [1.807, 2.05) is 27.7 Å². The zero-order valence-corrected chi connectivity index (χ0v) is 17.1. The standard InChI is InChI=1S/C19H34N4O5/c1-5-12(4)17(23-18(27)14(20)7-8-15(21)24)19(28)22-13(10-11(2)3)6-9-16(25)26/h6,9,11-14,17H,5,7-8,10,20H2,1-4H3,(H2,21,24)(H,22,28)(H,23,27)(H,25,26)/b9-6+/t12-,13?,14-,17-/m0/s1. The Balaban J connectivity index is 5.19. The molecule has 1 unspecified atom stereocenters. The average molecular weight is 399 g/mol. The highest BCUT2D eigenvalue weighted by atomic mass is 16.4. The first-order valence-electron chi connectivity index (χ1n) is 9.53. The molecule has 160 valence electrons. The van der Waals surface area contributed by atoms with Crippen molar-refractivity contribution in [2.45, 2.75) is 71.5 Å². The number of primary amides is 1. The predicted molar refractivity (Wildman–Crippen MR) is 106 cm³/mol. The van der Waals surface area contributed by atoms with Crippen LogP contribution in [0.4, 0.5) is 0 Å². The Morgan fingerprint density at radius 1 is 1.07 bits per heavy atom. The summed E-state index contributed by atoms with van der Waals surface area (Å²) in [6.45, 7) is 7.63. The van der Waals surface area contributed by atoms with E-state index in [0.29, 0.717) is 12.8 Å². The van der Waals surface area contributed by atoms with Gasteiger partial charge in [0.2, 0.25) is 17.7 Å². The minimum Gasteiger partial charge on any atom is -0.478 e. The van der Waals surface area contributed by atoms with E-state index in [2.05, 4.69) is 10.6 Å². The molecular weight excluding hydrogens is 364 g/mol. The van der Waals surface area contributed by atoms with E-state index in [1.165, 1.54) is 6.08 Å². The van der Waals surface area contributed by atoms with E-state index in [9.17, 15) is 19.2 Å². The minimum atomic E-state index is -1.10. The first kappa shape index (κ1) is 25.6. The van der Waals surface area contributed by atoms with Crippen molar-refractivity contribution in [2.75, 3.05) is 0 Å². The highest BCUT2D eigenvalue weighted by Crippen LogP contribution is 2.11. The first-order valence-corrected chi connectivity index (χ1v) is 9.53. The SMILES string of the molecule is CC[C@H](C)[C@H](NC(=O)[C@@H](N)CCC(N)=O)C(=O)NC(/C=C/C(=O)O)CC(C)C. The molecule has 0 aromatic heterocycles. The van der Waals surface area contributed by atoms with Gasteiger partial charge in [-0.1, -0.05) is 40.2 Å². The number of carboxylic acids is 1. The van der Waals surface area contributed by atoms with Crippen molar-refractivity contribution in [1.29, 1.82) is 0 Å². The number of carbonyl (C=O) groups excluding carboxylic acids is 3. The van der Waals surface area contributed by atoms with Crippen molar-refractivity contribution < 1.29 is 24.3 Å². The number of hydrogen-bond acceptors (Lipinski definition) is 5. The summed E-state index contributed by atoms with van der Waals surface area (Å²) in [5, 5.41) is 14.3. The highest BCUT2D eigenvalue weighted by Gasteiger charge is 2.29. The molecule has 3 amide bonds. The lowest BCUT2D eigenvalue weighted by molar-refractivity contribution is -0.131. The third kappa shape index (κ3) is 10.7. The molecule has 0 aliphatic heterocycles. The van der Waals surface area contributed by atoms with Gasteiger partial charge in [-0.3, -0.25) is 14.4 Å². The normalized spacial score (nSPS) is 15.6. The molecule has 9 nitrogen and oxygen atoms in total. The van der Waals surface area contributed by atoms with Gasteiger partial charge in [-0.25, -0.2) is 4.79 Å². The number of hydrogen-bond donors (Lipinski definition) is 5. The Hall–Kier alpha value is -2.42. The maximum atomic E-state index is 12.8. The highest BCUT2D eigenvalue weighted by molar-refractivity contribution is 5.90. The van der Waals surface area contributed by atoms with E-state index in [0.717, 1.165) is 6.08 Å². The van der Waals surface area contributed by atoms with Crippen LogP contribution < -0.4 is 22.1 Å². The molecule has 0 aliphatic carbocycles. The van der Waals surface area contributed by atoms with Crippen LogP contribution in [0.1, 0.15) is 53.4 Å². The Morgan fingerprint density at radius 3 is 2.14 bits per heavy atom. The Labute approximate surface area is 166 Å². The number of amides is 3. The van der Waals surface area contributed by atoms with Gasteiger partial charge in [0.1, 0.15) is 6.04 Å². The van der Waals surface area contributed by atoms with Crippen LogP contribution in [0.15, 0.2) is 12.2 Å². The van der Waals surface area contributed by atoms with Crippen molar-refractivity contribution in [3.63, 3.8) is 0 Å². The first-order chi connectivity index (χ1) is 13.0. The van der Waals surface area contributed by atoms with Gasteiger partial charge in [0.05, 0.1) is 6.04 Å². The summed E-state index contributed by atoms with van der Waals surface area (Å²) in [6.07, 6.45) is 3.67. The molecule has 0 aromatic rings. The van der Waals surface area contributed by atoms with Crippen LogP contribution in [0.5, 0.6) is 0 Å². The van der Waals surface area contributed by atoms with Gasteiger partial charge >= 0.3 is 5.97 Å². The molecule has 0 radical (unpaired) electrons. The summed E-state index contributed by atoms with van der Waals surface area (Å²) in [6, 6.07) is -2.26. The van der Waals surface area contributed by atoms with Crippen LogP contribution in [0.2, 0.25) is 0 Å². The minimum absolute atomic E-state index is 0.0226. The van der Waals surface area contributed by atoms with E-state index >= 15 is 0 Å². The Bertz CT molecular complexity index is 577. The molecule has 28 heavy (non-hydrogen) atoms. The molecule has 0 saturated heterocycles. The molecule has 0 bridgehead atoms. The van der Waals surface area contributed by atoms with E-state index in [-0.39, 0.29) is 24.7 Å². The van der Waals surface area contributed by atoms with Crippen LogP contribution >= 0.6 is 0 Å². The second-order valence-electron chi connectivity index (χ2n) is 7.43. The molecule has 9 heteroatoms. The quantitative estimate of drug-likeness (QED) is 0.280. The summed E-state index contributed by atoms with van der Waals surface area (Å²) in [4.78, 5) is 46.7. The average Bonchev–Trinajstić information content (AvgIpc) is 2.60. The maximum absolute atomic E-state index is 12.8. The number of nitrogens with two attached hydrogens (primary N) is 2. The fourth-order valence-electron chi connectivity index (χ4n) is 2.56. The van der Waals surface area contributed by atoms with Gasteiger partial charge in [-0.05, 0) is 24.7 Å². The molecule has 4 atom stereocenters. The molecule has 0 rings (SSSR count). The monoisotopic (exact) mass is 398 g/mol. The molecular formula is C19H34N4O5. The smallest absolute Gasteiger partial charge is 0.328 e. The Kier molecular flexibility index (Phi) is 11.8.